The fraction of sp³-hybridized carbons (Fsp3) is 0.353. The number of aromatic carboxylic acids is 1. The molecule has 4 nitrogen and oxygen atoms in total. The van der Waals surface area contributed by atoms with Crippen LogP contribution in [0.4, 0.5) is 5.69 Å². The molecule has 0 radical (unpaired) electrons. The van der Waals surface area contributed by atoms with Crippen molar-refractivity contribution in [2.75, 3.05) is 37.6 Å². The summed E-state index contributed by atoms with van der Waals surface area (Å²) in [5.41, 5.74) is 1.34. The van der Waals surface area contributed by atoms with Crippen LogP contribution < -0.4 is 14.9 Å². The molecule has 3 rings (SSSR count). The van der Waals surface area contributed by atoms with Crippen LogP contribution >= 0.6 is 11.3 Å². The van der Waals surface area contributed by atoms with E-state index in [4.69, 9.17) is 0 Å². The number of thiophene rings is 1. The Morgan fingerprint density at radius 2 is 1.91 bits per heavy atom. The number of rotatable bonds is 5. The average molecular weight is 316 g/mol. The Morgan fingerprint density at radius 3 is 2.50 bits per heavy atom. The predicted octanol–water partition coefficient (Wildman–Crippen LogP) is 0.0592. The number of hydrogen-bond acceptors (Lipinski definition) is 4. The Morgan fingerprint density at radius 1 is 1.18 bits per heavy atom. The highest BCUT2D eigenvalue weighted by atomic mass is 32.1. The molecule has 2 aromatic rings. The minimum Gasteiger partial charge on any atom is -0.545 e. The lowest BCUT2D eigenvalue weighted by Gasteiger charge is -2.33. The van der Waals surface area contributed by atoms with Gasteiger partial charge in [-0.15, -0.1) is 11.3 Å². The minimum atomic E-state index is -1.12. The molecule has 116 valence electrons. The third kappa shape index (κ3) is 3.67. The SMILES string of the molecule is O=C([O-])c1ccc(N2CC[NH+](CCc3cccs3)CC2)cc1. The van der Waals surface area contributed by atoms with Gasteiger partial charge in [-0.2, -0.15) is 0 Å². The molecule has 0 atom stereocenters. The van der Waals surface area contributed by atoms with Gasteiger partial charge in [-0.3, -0.25) is 0 Å². The Kier molecular flexibility index (Phi) is 4.75. The van der Waals surface area contributed by atoms with Crippen LogP contribution in [0.5, 0.6) is 0 Å². The first kappa shape index (κ1) is 15.1. The largest absolute Gasteiger partial charge is 0.545 e. The molecule has 1 aromatic carbocycles. The summed E-state index contributed by atoms with van der Waals surface area (Å²) < 4.78 is 0. The Labute approximate surface area is 134 Å². The molecule has 0 saturated carbocycles. The summed E-state index contributed by atoms with van der Waals surface area (Å²) in [6.07, 6.45) is 1.16. The third-order valence-corrected chi connectivity index (χ3v) is 5.18. The van der Waals surface area contributed by atoms with E-state index in [1.165, 1.54) is 11.4 Å². The maximum Gasteiger partial charge on any atom is 0.0949 e. The number of benzene rings is 1. The van der Waals surface area contributed by atoms with Gasteiger partial charge in [0, 0.05) is 17.0 Å². The van der Waals surface area contributed by atoms with Crippen LogP contribution in [0.2, 0.25) is 0 Å². The van der Waals surface area contributed by atoms with Gasteiger partial charge in [0.1, 0.15) is 0 Å². The molecule has 1 saturated heterocycles. The van der Waals surface area contributed by atoms with E-state index in [0.717, 1.165) is 38.3 Å². The minimum absolute atomic E-state index is 0.240. The van der Waals surface area contributed by atoms with Crippen LogP contribution in [-0.4, -0.2) is 38.7 Å². The molecule has 1 fully saturated rings. The maximum absolute atomic E-state index is 10.8. The standard InChI is InChI=1S/C17H20N2O2S/c20-17(21)14-3-5-15(6-4-14)19-11-9-18(10-12-19)8-7-16-2-1-13-22-16/h1-6,13H,7-12H2,(H,20,21). The van der Waals surface area contributed by atoms with Crippen molar-refractivity contribution in [3.8, 4) is 0 Å². The first-order valence-corrected chi connectivity index (χ1v) is 8.52. The summed E-state index contributed by atoms with van der Waals surface area (Å²) in [7, 11) is 0. The van der Waals surface area contributed by atoms with Gasteiger partial charge in [0.25, 0.3) is 0 Å². The molecule has 0 unspecified atom stereocenters. The Balaban J connectivity index is 1.49. The van der Waals surface area contributed by atoms with Crippen LogP contribution in [-0.2, 0) is 6.42 Å². The van der Waals surface area contributed by atoms with Gasteiger partial charge in [0.05, 0.1) is 38.7 Å². The quantitative estimate of drug-likeness (QED) is 0.848. The lowest BCUT2D eigenvalue weighted by atomic mass is 10.2. The van der Waals surface area contributed by atoms with Crippen LogP contribution in [0.1, 0.15) is 15.2 Å². The summed E-state index contributed by atoms with van der Waals surface area (Å²) in [6, 6.07) is 11.3. The number of carboxylic acids is 1. The van der Waals surface area contributed by atoms with Crippen LogP contribution in [0, 0.1) is 0 Å². The van der Waals surface area contributed by atoms with Crippen molar-refractivity contribution in [1.29, 1.82) is 0 Å². The van der Waals surface area contributed by atoms with Gasteiger partial charge in [-0.05, 0) is 29.1 Å². The van der Waals surface area contributed by atoms with Crippen molar-refractivity contribution < 1.29 is 14.8 Å². The fourth-order valence-electron chi connectivity index (χ4n) is 2.89. The van der Waals surface area contributed by atoms with E-state index >= 15 is 0 Å². The zero-order chi connectivity index (χ0) is 15.4. The number of nitrogens with one attached hydrogen (secondary N) is 1. The summed E-state index contributed by atoms with van der Waals surface area (Å²) in [4.78, 5) is 16.2. The highest BCUT2D eigenvalue weighted by molar-refractivity contribution is 7.09. The van der Waals surface area contributed by atoms with Crippen LogP contribution in [0.25, 0.3) is 0 Å². The summed E-state index contributed by atoms with van der Waals surface area (Å²) in [5.74, 6) is -1.12. The van der Waals surface area contributed by atoms with E-state index in [1.54, 1.807) is 17.0 Å². The molecule has 0 spiro atoms. The van der Waals surface area contributed by atoms with Gasteiger partial charge in [0.2, 0.25) is 0 Å². The second kappa shape index (κ2) is 6.94. The molecule has 1 N–H and O–H groups in total. The topological polar surface area (TPSA) is 47.8 Å². The number of carbonyl (C=O) groups is 1. The second-order valence-corrected chi connectivity index (χ2v) is 6.68. The number of quaternary nitrogens is 1. The number of hydrogen-bond donors (Lipinski definition) is 1. The molecule has 5 heteroatoms. The molecule has 1 aromatic heterocycles. The van der Waals surface area contributed by atoms with Gasteiger partial charge in [-0.25, -0.2) is 0 Å². The maximum atomic E-state index is 10.8. The van der Waals surface area contributed by atoms with Crippen molar-refractivity contribution >= 4 is 23.0 Å². The second-order valence-electron chi connectivity index (χ2n) is 5.65. The monoisotopic (exact) mass is 316 g/mol. The molecular formula is C17H20N2O2S. The smallest absolute Gasteiger partial charge is 0.0949 e. The molecule has 2 heterocycles. The third-order valence-electron chi connectivity index (χ3n) is 4.24. The summed E-state index contributed by atoms with van der Waals surface area (Å²) in [5, 5.41) is 12.9. The van der Waals surface area contributed by atoms with E-state index in [9.17, 15) is 9.90 Å². The first-order valence-electron chi connectivity index (χ1n) is 7.65. The number of carbonyl (C=O) groups excluding carboxylic acids is 1. The lowest BCUT2D eigenvalue weighted by molar-refractivity contribution is -0.900. The summed E-state index contributed by atoms with van der Waals surface area (Å²) in [6.45, 7) is 5.49. The highest BCUT2D eigenvalue weighted by Crippen LogP contribution is 2.15. The Bertz CT molecular complexity index is 602. The number of piperazine rings is 1. The molecule has 0 amide bonds. The normalized spacial score (nSPS) is 15.9. The molecule has 0 aliphatic carbocycles. The van der Waals surface area contributed by atoms with Gasteiger partial charge < -0.3 is 19.7 Å². The number of anilines is 1. The van der Waals surface area contributed by atoms with Crippen molar-refractivity contribution in [3.05, 3.63) is 52.2 Å². The zero-order valence-corrected chi connectivity index (χ0v) is 13.3. The van der Waals surface area contributed by atoms with Crippen molar-refractivity contribution in [2.45, 2.75) is 6.42 Å². The van der Waals surface area contributed by atoms with E-state index in [-0.39, 0.29) is 5.56 Å². The lowest BCUT2D eigenvalue weighted by Crippen LogP contribution is -3.15. The van der Waals surface area contributed by atoms with E-state index in [2.05, 4.69) is 22.4 Å². The zero-order valence-electron chi connectivity index (χ0n) is 12.5. The van der Waals surface area contributed by atoms with Crippen molar-refractivity contribution in [3.63, 3.8) is 0 Å². The molecule has 22 heavy (non-hydrogen) atoms. The van der Waals surface area contributed by atoms with Crippen LogP contribution in [0.3, 0.4) is 0 Å². The average Bonchev–Trinajstić information content (AvgIpc) is 3.07. The van der Waals surface area contributed by atoms with Crippen molar-refractivity contribution in [1.82, 2.24) is 0 Å². The van der Waals surface area contributed by atoms with E-state index in [0.29, 0.717) is 0 Å². The first-order chi connectivity index (χ1) is 10.7. The van der Waals surface area contributed by atoms with Gasteiger partial charge in [0.15, 0.2) is 0 Å². The van der Waals surface area contributed by atoms with E-state index < -0.39 is 5.97 Å². The van der Waals surface area contributed by atoms with Crippen LogP contribution in [0.15, 0.2) is 41.8 Å². The fourth-order valence-corrected chi connectivity index (χ4v) is 3.60. The number of carboxylic acid groups (broad SMARTS) is 1. The van der Waals surface area contributed by atoms with Crippen molar-refractivity contribution in [2.24, 2.45) is 0 Å². The molecule has 1 aliphatic rings. The molecular weight excluding hydrogens is 296 g/mol. The van der Waals surface area contributed by atoms with Gasteiger partial charge in [-0.1, -0.05) is 18.2 Å². The molecule has 1 aliphatic heterocycles. The molecule has 0 bridgehead atoms. The highest BCUT2D eigenvalue weighted by Gasteiger charge is 2.19. The predicted molar refractivity (Wildman–Crippen MR) is 86.6 cm³/mol. The summed E-state index contributed by atoms with van der Waals surface area (Å²) >= 11 is 1.84. The Hall–Kier alpha value is -1.85. The van der Waals surface area contributed by atoms with E-state index in [1.807, 2.05) is 23.5 Å². The van der Waals surface area contributed by atoms with Gasteiger partial charge >= 0.3 is 0 Å². The number of nitrogens with zero attached hydrogens (tertiary/aromatic N) is 1.